The van der Waals surface area contributed by atoms with Crippen molar-refractivity contribution in [2.75, 3.05) is 0 Å². The van der Waals surface area contributed by atoms with Gasteiger partial charge in [0, 0.05) is 6.42 Å². The van der Waals surface area contributed by atoms with E-state index in [1.54, 1.807) is 0 Å². The quantitative estimate of drug-likeness (QED) is 0.109. The van der Waals surface area contributed by atoms with E-state index >= 15 is 0 Å². The monoisotopic (exact) mass is 334 g/mol. The SMILES string of the molecule is CCCCCCCC/C=C\CCCCCCCC(=O)OC=O.[H-].[Na+]. The van der Waals surface area contributed by atoms with Gasteiger partial charge in [-0.15, -0.1) is 0 Å². The topological polar surface area (TPSA) is 43.4 Å². The summed E-state index contributed by atoms with van der Waals surface area (Å²) in [5, 5.41) is 0. The van der Waals surface area contributed by atoms with Crippen LogP contribution in [-0.2, 0) is 14.3 Å². The number of allylic oxidation sites excluding steroid dienone is 2. The average Bonchev–Trinajstić information content (AvgIpc) is 2.51. The zero-order valence-corrected chi connectivity index (χ0v) is 17.4. The maximum Gasteiger partial charge on any atom is 1.00 e. The molecule has 0 aliphatic carbocycles. The first-order chi connectivity index (χ1) is 10.8. The number of carbonyl (C=O) groups is 2. The van der Waals surface area contributed by atoms with Crippen LogP contribution in [0.25, 0.3) is 0 Å². The minimum absolute atomic E-state index is 0. The zero-order chi connectivity index (χ0) is 16.3. The van der Waals surface area contributed by atoms with E-state index in [-0.39, 0.29) is 37.5 Å². The van der Waals surface area contributed by atoms with Gasteiger partial charge in [-0.1, -0.05) is 70.4 Å². The molecule has 0 spiro atoms. The van der Waals surface area contributed by atoms with Gasteiger partial charge in [0.1, 0.15) is 0 Å². The van der Waals surface area contributed by atoms with Crippen LogP contribution in [0.15, 0.2) is 12.2 Å². The third-order valence-corrected chi connectivity index (χ3v) is 3.82. The molecule has 0 saturated carbocycles. The van der Waals surface area contributed by atoms with E-state index in [0.29, 0.717) is 6.42 Å². The van der Waals surface area contributed by atoms with E-state index in [9.17, 15) is 9.59 Å². The predicted molar refractivity (Wildman–Crippen MR) is 92.7 cm³/mol. The van der Waals surface area contributed by atoms with Crippen molar-refractivity contribution in [3.8, 4) is 0 Å². The molecule has 0 amide bonds. The molecule has 23 heavy (non-hydrogen) atoms. The Bertz CT molecular complexity index is 296. The van der Waals surface area contributed by atoms with Gasteiger partial charge < -0.3 is 6.16 Å². The van der Waals surface area contributed by atoms with E-state index in [0.717, 1.165) is 19.3 Å². The number of unbranched alkanes of at least 4 members (excludes halogenated alkanes) is 11. The number of ether oxygens (including phenoxy) is 1. The summed E-state index contributed by atoms with van der Waals surface area (Å²) in [6.45, 7) is 2.46. The minimum Gasteiger partial charge on any atom is -1.00 e. The van der Waals surface area contributed by atoms with E-state index in [1.807, 2.05) is 0 Å². The second kappa shape index (κ2) is 21.9. The third kappa shape index (κ3) is 21.9. The van der Waals surface area contributed by atoms with Crippen molar-refractivity contribution in [1.29, 1.82) is 0 Å². The third-order valence-electron chi connectivity index (χ3n) is 3.82. The molecule has 4 heteroatoms. The largest absolute Gasteiger partial charge is 1.00 e. The normalized spacial score (nSPS) is 10.5. The van der Waals surface area contributed by atoms with Gasteiger partial charge in [-0.3, -0.25) is 9.59 Å². The Labute approximate surface area is 166 Å². The molecule has 0 radical (unpaired) electrons. The molecule has 0 heterocycles. The molecule has 0 aliphatic heterocycles. The maximum atomic E-state index is 10.9. The molecule has 0 N–H and O–H groups in total. The maximum absolute atomic E-state index is 10.9. The van der Waals surface area contributed by atoms with Crippen LogP contribution in [0.2, 0.25) is 0 Å². The summed E-state index contributed by atoms with van der Waals surface area (Å²) in [6, 6.07) is 0. The Hall–Kier alpha value is -0.120. The molecular weight excluding hydrogens is 299 g/mol. The van der Waals surface area contributed by atoms with Gasteiger partial charge in [-0.2, -0.15) is 0 Å². The van der Waals surface area contributed by atoms with Crippen LogP contribution in [0, 0.1) is 0 Å². The molecule has 0 atom stereocenters. The molecule has 130 valence electrons. The summed E-state index contributed by atoms with van der Waals surface area (Å²) < 4.78 is 4.23. The Balaban J connectivity index is -0.00000220. The summed E-state index contributed by atoms with van der Waals surface area (Å²) >= 11 is 0. The number of hydrogen-bond donors (Lipinski definition) is 0. The van der Waals surface area contributed by atoms with Gasteiger partial charge >= 0.3 is 42.0 Å². The van der Waals surface area contributed by atoms with Crippen molar-refractivity contribution in [3.05, 3.63) is 12.2 Å². The van der Waals surface area contributed by atoms with Crippen LogP contribution in [-0.4, -0.2) is 12.4 Å². The summed E-state index contributed by atoms with van der Waals surface area (Å²) in [6.07, 6.45) is 21.0. The summed E-state index contributed by atoms with van der Waals surface area (Å²) in [7, 11) is 0. The fraction of sp³-hybridized carbons (Fsp3) is 0.789. The van der Waals surface area contributed by atoms with Crippen molar-refractivity contribution < 1.29 is 45.3 Å². The van der Waals surface area contributed by atoms with Crippen LogP contribution < -0.4 is 29.6 Å². The molecule has 0 unspecified atom stereocenters. The minimum atomic E-state index is -0.410. The molecule has 0 bridgehead atoms. The number of esters is 1. The van der Waals surface area contributed by atoms with Crippen LogP contribution in [0.5, 0.6) is 0 Å². The van der Waals surface area contributed by atoms with Crippen molar-refractivity contribution in [1.82, 2.24) is 0 Å². The first-order valence-electron chi connectivity index (χ1n) is 9.09. The van der Waals surface area contributed by atoms with Crippen LogP contribution >= 0.6 is 0 Å². The first kappa shape index (κ1) is 25.1. The molecule has 0 aliphatic rings. The Morgan fingerprint density at radius 2 is 1.30 bits per heavy atom. The predicted octanol–water partition coefficient (Wildman–Crippen LogP) is 2.84. The summed E-state index contributed by atoms with van der Waals surface area (Å²) in [5.41, 5.74) is 0. The molecule has 0 rings (SSSR count). The molecule has 3 nitrogen and oxygen atoms in total. The average molecular weight is 334 g/mol. The Morgan fingerprint density at radius 3 is 1.83 bits per heavy atom. The Morgan fingerprint density at radius 1 is 0.826 bits per heavy atom. The zero-order valence-electron chi connectivity index (χ0n) is 16.4. The Kier molecular flexibility index (Phi) is 23.9. The fourth-order valence-electron chi connectivity index (χ4n) is 2.45. The van der Waals surface area contributed by atoms with E-state index in [4.69, 9.17) is 0 Å². The number of rotatable bonds is 16. The number of carbonyl (C=O) groups excluding carboxylic acids is 2. The molecule has 0 fully saturated rings. The van der Waals surface area contributed by atoms with Crippen molar-refractivity contribution in [3.63, 3.8) is 0 Å². The van der Waals surface area contributed by atoms with Crippen molar-refractivity contribution in [2.24, 2.45) is 0 Å². The van der Waals surface area contributed by atoms with Gasteiger partial charge in [-0.05, 0) is 32.1 Å². The van der Waals surface area contributed by atoms with E-state index in [1.165, 1.54) is 64.2 Å². The van der Waals surface area contributed by atoms with E-state index < -0.39 is 5.97 Å². The molecule has 0 aromatic heterocycles. The molecule has 0 saturated heterocycles. The second-order valence-corrected chi connectivity index (χ2v) is 5.92. The van der Waals surface area contributed by atoms with Crippen LogP contribution in [0.3, 0.4) is 0 Å². The van der Waals surface area contributed by atoms with Crippen molar-refractivity contribution in [2.45, 2.75) is 96.8 Å². The molecular formula is C19H35NaO3. The van der Waals surface area contributed by atoms with Gasteiger partial charge in [0.25, 0.3) is 0 Å². The fourth-order valence-corrected chi connectivity index (χ4v) is 2.45. The van der Waals surface area contributed by atoms with Crippen LogP contribution in [0.4, 0.5) is 0 Å². The van der Waals surface area contributed by atoms with E-state index in [2.05, 4.69) is 23.8 Å². The van der Waals surface area contributed by atoms with Gasteiger partial charge in [0.15, 0.2) is 0 Å². The number of hydrogen-bond acceptors (Lipinski definition) is 3. The van der Waals surface area contributed by atoms with Gasteiger partial charge in [0.2, 0.25) is 0 Å². The van der Waals surface area contributed by atoms with Crippen LogP contribution in [0.1, 0.15) is 98.2 Å². The van der Waals surface area contributed by atoms with Crippen molar-refractivity contribution >= 4 is 12.4 Å². The van der Waals surface area contributed by atoms with Gasteiger partial charge in [0.05, 0.1) is 0 Å². The summed E-state index contributed by atoms with van der Waals surface area (Å²) in [5.74, 6) is -0.410. The molecule has 0 aromatic carbocycles. The first-order valence-corrected chi connectivity index (χ1v) is 9.09. The molecule has 0 aromatic rings. The second-order valence-electron chi connectivity index (χ2n) is 5.92. The summed E-state index contributed by atoms with van der Waals surface area (Å²) in [4.78, 5) is 20.8. The standard InChI is InChI=1S/C19H34O3.Na.H/c1-2-3-4-5-6-7-8-9-10-11-12-13-14-15-16-17-19(21)22-18-20;;/h9-10,18H,2-8,11-17H2,1H3;;/q;+1;-1/b10-9-;;. The van der Waals surface area contributed by atoms with Gasteiger partial charge in [-0.25, -0.2) is 0 Å². The smallest absolute Gasteiger partial charge is 1.00 e.